The van der Waals surface area contributed by atoms with E-state index >= 15 is 0 Å². The summed E-state index contributed by atoms with van der Waals surface area (Å²) in [6.07, 6.45) is 2.02. The van der Waals surface area contributed by atoms with E-state index in [1.165, 1.54) is 17.0 Å². The largest absolute Gasteiger partial charge is 0.373 e. The monoisotopic (exact) mass is 433 g/mol. The molecule has 0 radical (unpaired) electrons. The van der Waals surface area contributed by atoms with Crippen molar-refractivity contribution >= 4 is 17.7 Å². The lowest BCUT2D eigenvalue weighted by atomic mass is 9.98. The highest BCUT2D eigenvalue weighted by Crippen LogP contribution is 2.34. The zero-order chi connectivity index (χ0) is 23.2. The average Bonchev–Trinajstić information content (AvgIpc) is 3.51. The number of amides is 1. The van der Waals surface area contributed by atoms with Crippen LogP contribution in [-0.2, 0) is 17.4 Å². The summed E-state index contributed by atoms with van der Waals surface area (Å²) in [6.45, 7) is 0.428. The Kier molecular flexibility index (Phi) is 4.39. The molecule has 11 nitrogen and oxygen atoms in total. The second-order valence-corrected chi connectivity index (χ2v) is 7.53. The van der Waals surface area contributed by atoms with Gasteiger partial charge in [-0.15, -0.1) is 0 Å². The molecule has 2 N–H and O–H groups in total. The van der Waals surface area contributed by atoms with E-state index in [0.717, 1.165) is 0 Å². The van der Waals surface area contributed by atoms with Crippen LogP contribution in [0, 0.1) is 0 Å². The number of carbonyl (C=O) groups excluding carboxylic acids is 1. The van der Waals surface area contributed by atoms with Crippen molar-refractivity contribution < 1.29 is 15.8 Å². The van der Waals surface area contributed by atoms with E-state index in [0.29, 0.717) is 35.1 Å². The van der Waals surface area contributed by atoms with Crippen LogP contribution in [0.15, 0.2) is 53.3 Å². The van der Waals surface area contributed by atoms with Gasteiger partial charge in [-0.1, -0.05) is 11.2 Å². The molecule has 1 aliphatic rings. The molecule has 1 fully saturated rings. The van der Waals surface area contributed by atoms with E-state index in [9.17, 15) is 9.90 Å². The SMILES string of the molecule is [2H]c1cc(-c2cccc(-c3cc(C4(O)CCN(C)C4=O)on3)n2)nc(Nc2ccn(C)n2)n1. The molecule has 0 aliphatic carbocycles. The Morgan fingerprint density at radius 1 is 1.16 bits per heavy atom. The number of aliphatic hydroxyl groups is 1. The van der Waals surface area contributed by atoms with Crippen LogP contribution in [0.5, 0.6) is 0 Å². The van der Waals surface area contributed by atoms with E-state index in [1.54, 1.807) is 49.2 Å². The molecule has 0 aromatic carbocycles. The van der Waals surface area contributed by atoms with Gasteiger partial charge in [0.2, 0.25) is 11.5 Å². The highest BCUT2D eigenvalue weighted by molar-refractivity contribution is 5.87. The summed E-state index contributed by atoms with van der Waals surface area (Å²) >= 11 is 0. The van der Waals surface area contributed by atoms with Gasteiger partial charge in [-0.3, -0.25) is 9.48 Å². The summed E-state index contributed by atoms with van der Waals surface area (Å²) in [4.78, 5) is 26.9. The minimum absolute atomic E-state index is 0.0143. The minimum atomic E-state index is -1.73. The maximum Gasteiger partial charge on any atom is 0.262 e. The van der Waals surface area contributed by atoms with E-state index < -0.39 is 11.5 Å². The first-order chi connectivity index (χ1) is 15.8. The van der Waals surface area contributed by atoms with Crippen LogP contribution < -0.4 is 5.32 Å². The molecule has 4 aromatic rings. The van der Waals surface area contributed by atoms with Crippen molar-refractivity contribution in [2.75, 3.05) is 18.9 Å². The molecule has 1 amide bonds. The lowest BCUT2D eigenvalue weighted by Gasteiger charge is -2.16. The quantitative estimate of drug-likeness (QED) is 0.482. The second kappa shape index (κ2) is 7.54. The van der Waals surface area contributed by atoms with E-state index in [4.69, 9.17) is 5.89 Å². The molecule has 5 heterocycles. The molecule has 32 heavy (non-hydrogen) atoms. The fraction of sp³-hybridized carbons (Fsp3) is 0.238. The average molecular weight is 433 g/mol. The first kappa shape index (κ1) is 18.6. The number of carbonyl (C=O) groups is 1. The maximum atomic E-state index is 12.3. The fourth-order valence-electron chi connectivity index (χ4n) is 3.50. The van der Waals surface area contributed by atoms with Gasteiger partial charge in [-0.2, -0.15) is 5.10 Å². The molecule has 1 atom stereocenters. The van der Waals surface area contributed by atoms with Crippen molar-refractivity contribution in [3.63, 3.8) is 0 Å². The zero-order valence-electron chi connectivity index (χ0n) is 18.3. The number of rotatable bonds is 5. The van der Waals surface area contributed by atoms with Crippen molar-refractivity contribution in [2.24, 2.45) is 7.05 Å². The molecule has 162 valence electrons. The standard InChI is InChI=1S/C21H20N8O3/c1-28-11-8-21(31,19(28)30)17-12-16(27-32-17)14-5-3-4-13(23-14)15-6-9-22-20(24-15)25-18-7-10-29(2)26-18/h3-7,9-10,12,31H,8,11H2,1-2H3,(H,22,24,25,26)/i9D. The minimum Gasteiger partial charge on any atom is -0.373 e. The summed E-state index contributed by atoms with van der Waals surface area (Å²) in [6, 6.07) is 10.0. The third-order valence-corrected chi connectivity index (χ3v) is 5.25. The topological polar surface area (TPSA) is 135 Å². The molecule has 1 aliphatic heterocycles. The number of nitrogens with zero attached hydrogens (tertiary/aromatic N) is 7. The molecule has 0 bridgehead atoms. The normalized spacial score (nSPS) is 18.8. The molecule has 0 saturated carbocycles. The summed E-state index contributed by atoms with van der Waals surface area (Å²) < 4.78 is 15.0. The van der Waals surface area contributed by atoms with Crippen molar-refractivity contribution in [3.8, 4) is 22.8 Å². The van der Waals surface area contributed by atoms with Gasteiger partial charge in [-0.25, -0.2) is 15.0 Å². The molecule has 4 aromatic heterocycles. The summed E-state index contributed by atoms with van der Waals surface area (Å²) in [7, 11) is 3.42. The van der Waals surface area contributed by atoms with Crippen molar-refractivity contribution in [1.29, 1.82) is 0 Å². The first-order valence-electron chi connectivity index (χ1n) is 10.4. The number of nitrogens with one attached hydrogen (secondary N) is 1. The van der Waals surface area contributed by atoms with Crippen molar-refractivity contribution in [2.45, 2.75) is 12.0 Å². The van der Waals surface area contributed by atoms with E-state index in [1.807, 2.05) is 0 Å². The zero-order valence-corrected chi connectivity index (χ0v) is 17.3. The Morgan fingerprint density at radius 2 is 1.94 bits per heavy atom. The predicted octanol–water partition coefficient (Wildman–Crippen LogP) is 1.72. The number of aromatic nitrogens is 6. The van der Waals surface area contributed by atoms with Gasteiger partial charge in [0.1, 0.15) is 5.69 Å². The Labute approximate surface area is 184 Å². The molecule has 5 rings (SSSR count). The Hall–Kier alpha value is -4.12. The van der Waals surface area contributed by atoms with Crippen LogP contribution in [0.1, 0.15) is 13.6 Å². The Bertz CT molecular complexity index is 1350. The Morgan fingerprint density at radius 3 is 2.66 bits per heavy atom. The lowest BCUT2D eigenvalue weighted by molar-refractivity contribution is -0.144. The van der Waals surface area contributed by atoms with Crippen LogP contribution in [0.3, 0.4) is 0 Å². The second-order valence-electron chi connectivity index (χ2n) is 7.53. The highest BCUT2D eigenvalue weighted by Gasteiger charge is 2.48. The molecular weight excluding hydrogens is 412 g/mol. The molecule has 0 spiro atoms. The number of aryl methyl sites for hydroxylation is 1. The number of likely N-dealkylation sites (N-methyl/N-ethyl adjacent to an activating group) is 1. The van der Waals surface area contributed by atoms with E-state index in [2.05, 4.69) is 30.5 Å². The van der Waals surface area contributed by atoms with Gasteiger partial charge in [0.25, 0.3) is 5.91 Å². The summed E-state index contributed by atoms with van der Waals surface area (Å²) in [5.74, 6) is 0.425. The molecular formula is C21H20N8O3. The smallest absolute Gasteiger partial charge is 0.262 e. The van der Waals surface area contributed by atoms with Gasteiger partial charge < -0.3 is 19.8 Å². The van der Waals surface area contributed by atoms with Crippen LogP contribution in [0.25, 0.3) is 22.8 Å². The highest BCUT2D eigenvalue weighted by atomic mass is 16.5. The van der Waals surface area contributed by atoms with Crippen molar-refractivity contribution in [3.05, 3.63) is 54.5 Å². The third-order valence-electron chi connectivity index (χ3n) is 5.25. The lowest BCUT2D eigenvalue weighted by Crippen LogP contribution is -2.35. The number of likely N-dealkylation sites (tertiary alicyclic amines) is 1. The number of hydrogen-bond donors (Lipinski definition) is 2. The molecule has 11 heteroatoms. The predicted molar refractivity (Wildman–Crippen MR) is 113 cm³/mol. The fourth-order valence-corrected chi connectivity index (χ4v) is 3.50. The van der Waals surface area contributed by atoms with Crippen LogP contribution in [0.4, 0.5) is 11.8 Å². The molecule has 1 saturated heterocycles. The number of pyridine rings is 1. The Balaban J connectivity index is 1.45. The van der Waals surface area contributed by atoms with Gasteiger partial charge in [-0.05, 0) is 18.2 Å². The first-order valence-corrected chi connectivity index (χ1v) is 9.87. The van der Waals surface area contributed by atoms with Crippen LogP contribution in [-0.4, -0.2) is 59.4 Å². The molecule has 1 unspecified atom stereocenters. The van der Waals surface area contributed by atoms with Gasteiger partial charge >= 0.3 is 0 Å². The van der Waals surface area contributed by atoms with Gasteiger partial charge in [0.15, 0.2) is 11.6 Å². The van der Waals surface area contributed by atoms with Crippen LogP contribution >= 0.6 is 0 Å². The number of hydrogen-bond acceptors (Lipinski definition) is 9. The summed E-state index contributed by atoms with van der Waals surface area (Å²) in [5, 5.41) is 22.0. The third kappa shape index (κ3) is 3.48. The van der Waals surface area contributed by atoms with Crippen molar-refractivity contribution in [1.82, 2.24) is 34.8 Å². The van der Waals surface area contributed by atoms with Gasteiger partial charge in [0.05, 0.1) is 18.5 Å². The van der Waals surface area contributed by atoms with E-state index in [-0.39, 0.29) is 24.3 Å². The maximum absolute atomic E-state index is 12.3. The van der Waals surface area contributed by atoms with Crippen LogP contribution in [0.2, 0.25) is 0 Å². The number of anilines is 2. The summed E-state index contributed by atoms with van der Waals surface area (Å²) in [5.41, 5.74) is 0.0395. The van der Waals surface area contributed by atoms with Gasteiger partial charge in [0, 0.05) is 51.6 Å².